The molecular weight excluding hydrogens is 238 g/mol. The van der Waals surface area contributed by atoms with E-state index in [0.717, 1.165) is 25.1 Å². The molecule has 0 aliphatic heterocycles. The zero-order chi connectivity index (χ0) is 13.2. The molecule has 0 bridgehead atoms. The number of benzene rings is 1. The molecule has 0 radical (unpaired) electrons. The van der Waals surface area contributed by atoms with Gasteiger partial charge in [0, 0.05) is 12.5 Å². The maximum atomic E-state index is 5.81. The molecular formula is C14H19N5. The van der Waals surface area contributed by atoms with Crippen LogP contribution in [-0.2, 0) is 13.0 Å². The summed E-state index contributed by atoms with van der Waals surface area (Å²) in [6.07, 6.45) is 4.05. The van der Waals surface area contributed by atoms with Crippen LogP contribution in [0, 0.1) is 0 Å². The molecule has 5 heteroatoms. The molecule has 0 fully saturated rings. The van der Waals surface area contributed by atoms with Crippen LogP contribution in [0.2, 0.25) is 0 Å². The average molecular weight is 257 g/mol. The van der Waals surface area contributed by atoms with E-state index in [0.29, 0.717) is 5.92 Å². The first-order valence-electron chi connectivity index (χ1n) is 6.77. The molecule has 0 saturated heterocycles. The summed E-state index contributed by atoms with van der Waals surface area (Å²) in [5, 5.41) is 8.11. The fraction of sp³-hybridized carbons (Fsp3) is 0.429. The van der Waals surface area contributed by atoms with Gasteiger partial charge in [0.25, 0.3) is 0 Å². The van der Waals surface area contributed by atoms with Crippen molar-refractivity contribution in [1.82, 2.24) is 20.4 Å². The van der Waals surface area contributed by atoms with Gasteiger partial charge in [0.15, 0.2) is 0 Å². The van der Waals surface area contributed by atoms with Gasteiger partial charge in [0.2, 0.25) is 0 Å². The van der Waals surface area contributed by atoms with E-state index in [-0.39, 0.29) is 6.04 Å². The van der Waals surface area contributed by atoms with Crippen LogP contribution in [-0.4, -0.2) is 15.0 Å². The number of aryl methyl sites for hydroxylation is 2. The normalized spacial score (nSPS) is 19.4. The molecule has 1 aliphatic carbocycles. The number of hydrazine groups is 1. The van der Waals surface area contributed by atoms with Gasteiger partial charge in [-0.25, -0.2) is 4.68 Å². The van der Waals surface area contributed by atoms with E-state index in [4.69, 9.17) is 5.84 Å². The van der Waals surface area contributed by atoms with Crippen molar-refractivity contribution in [2.45, 2.75) is 38.3 Å². The summed E-state index contributed by atoms with van der Waals surface area (Å²) in [7, 11) is 0. The zero-order valence-electron chi connectivity index (χ0n) is 11.1. The summed E-state index contributed by atoms with van der Waals surface area (Å²) in [5.74, 6) is 6.20. The number of fused-ring (bicyclic) bond motifs is 1. The van der Waals surface area contributed by atoms with Crippen molar-refractivity contribution >= 4 is 0 Å². The molecule has 3 rings (SSSR count). The minimum Gasteiger partial charge on any atom is -0.271 e. The number of nitrogens with one attached hydrogen (secondary N) is 1. The topological polar surface area (TPSA) is 68.8 Å². The van der Waals surface area contributed by atoms with Gasteiger partial charge in [-0.05, 0) is 30.9 Å². The van der Waals surface area contributed by atoms with Crippen LogP contribution in [0.3, 0.4) is 0 Å². The monoisotopic (exact) mass is 257 g/mol. The van der Waals surface area contributed by atoms with Crippen molar-refractivity contribution in [3.05, 3.63) is 47.3 Å². The van der Waals surface area contributed by atoms with Crippen LogP contribution >= 0.6 is 0 Å². The predicted octanol–water partition coefficient (Wildman–Crippen LogP) is 1.53. The van der Waals surface area contributed by atoms with Gasteiger partial charge in [0.05, 0.1) is 17.9 Å². The van der Waals surface area contributed by atoms with Crippen LogP contribution in [0.5, 0.6) is 0 Å². The Morgan fingerprint density at radius 3 is 3.11 bits per heavy atom. The summed E-state index contributed by atoms with van der Waals surface area (Å²) in [5.41, 5.74) is 6.85. The fourth-order valence-electron chi connectivity index (χ4n) is 3.10. The van der Waals surface area contributed by atoms with Gasteiger partial charge in [0.1, 0.15) is 0 Å². The van der Waals surface area contributed by atoms with E-state index < -0.39 is 0 Å². The Kier molecular flexibility index (Phi) is 3.31. The Bertz CT molecular complexity index is 562. The van der Waals surface area contributed by atoms with Crippen molar-refractivity contribution in [2.24, 2.45) is 5.84 Å². The van der Waals surface area contributed by atoms with Crippen molar-refractivity contribution < 1.29 is 0 Å². The number of nitrogens with two attached hydrogens (primary N) is 1. The van der Waals surface area contributed by atoms with Crippen LogP contribution in [0.4, 0.5) is 0 Å². The molecule has 3 N–H and O–H groups in total. The first-order valence-corrected chi connectivity index (χ1v) is 6.77. The van der Waals surface area contributed by atoms with Crippen molar-refractivity contribution in [1.29, 1.82) is 0 Å². The summed E-state index contributed by atoms with van der Waals surface area (Å²) < 4.78 is 1.91. The number of hydrogen-bond donors (Lipinski definition) is 2. The summed E-state index contributed by atoms with van der Waals surface area (Å²) in [4.78, 5) is 0. The van der Waals surface area contributed by atoms with Gasteiger partial charge in [-0.3, -0.25) is 11.3 Å². The van der Waals surface area contributed by atoms with E-state index in [2.05, 4.69) is 46.9 Å². The molecule has 0 spiro atoms. The molecule has 0 saturated carbocycles. The lowest BCUT2D eigenvalue weighted by atomic mass is 9.91. The van der Waals surface area contributed by atoms with E-state index in [1.165, 1.54) is 11.1 Å². The Balaban J connectivity index is 1.97. The summed E-state index contributed by atoms with van der Waals surface area (Å²) in [6, 6.07) is 8.68. The maximum absolute atomic E-state index is 5.81. The molecule has 1 aliphatic rings. The second-order valence-corrected chi connectivity index (χ2v) is 4.96. The highest BCUT2D eigenvalue weighted by molar-refractivity contribution is 5.37. The highest BCUT2D eigenvalue weighted by atomic mass is 15.4. The lowest BCUT2D eigenvalue weighted by Crippen LogP contribution is -2.33. The van der Waals surface area contributed by atoms with E-state index in [1.54, 1.807) is 0 Å². The lowest BCUT2D eigenvalue weighted by Gasteiger charge is -2.23. The lowest BCUT2D eigenvalue weighted by molar-refractivity contribution is 0.417. The highest BCUT2D eigenvalue weighted by Gasteiger charge is 2.31. The predicted molar refractivity (Wildman–Crippen MR) is 73.3 cm³/mol. The quantitative estimate of drug-likeness (QED) is 0.644. The molecule has 1 heterocycles. The number of rotatable bonds is 4. The molecule has 1 aromatic heterocycles. The summed E-state index contributed by atoms with van der Waals surface area (Å²) >= 11 is 0. The molecule has 2 aromatic rings. The molecule has 0 amide bonds. The van der Waals surface area contributed by atoms with E-state index >= 15 is 0 Å². The SMILES string of the molecule is CCn1nncc1C(NN)C1CCc2ccccc21. The van der Waals surface area contributed by atoms with Crippen molar-refractivity contribution in [3.63, 3.8) is 0 Å². The van der Waals surface area contributed by atoms with Crippen LogP contribution < -0.4 is 11.3 Å². The van der Waals surface area contributed by atoms with E-state index in [9.17, 15) is 0 Å². The minimum atomic E-state index is 0.0681. The molecule has 19 heavy (non-hydrogen) atoms. The number of nitrogens with zero attached hydrogens (tertiary/aromatic N) is 3. The van der Waals surface area contributed by atoms with E-state index in [1.807, 2.05) is 10.9 Å². The molecule has 1 aromatic carbocycles. The van der Waals surface area contributed by atoms with Gasteiger partial charge in [-0.15, -0.1) is 5.10 Å². The molecule has 5 nitrogen and oxygen atoms in total. The Morgan fingerprint density at radius 1 is 1.47 bits per heavy atom. The fourth-order valence-corrected chi connectivity index (χ4v) is 3.10. The largest absolute Gasteiger partial charge is 0.271 e. The zero-order valence-corrected chi connectivity index (χ0v) is 11.1. The Morgan fingerprint density at radius 2 is 2.32 bits per heavy atom. The first kappa shape index (κ1) is 12.3. The minimum absolute atomic E-state index is 0.0681. The molecule has 2 unspecified atom stereocenters. The highest BCUT2D eigenvalue weighted by Crippen LogP contribution is 2.40. The third kappa shape index (κ3) is 2.05. The third-order valence-corrected chi connectivity index (χ3v) is 4.03. The van der Waals surface area contributed by atoms with Crippen molar-refractivity contribution in [3.8, 4) is 0 Å². The van der Waals surface area contributed by atoms with Gasteiger partial charge < -0.3 is 0 Å². The van der Waals surface area contributed by atoms with Crippen LogP contribution in [0.1, 0.15) is 42.1 Å². The number of aromatic nitrogens is 3. The number of hydrogen-bond acceptors (Lipinski definition) is 4. The van der Waals surface area contributed by atoms with Gasteiger partial charge in [-0.1, -0.05) is 29.5 Å². The average Bonchev–Trinajstić information content (AvgIpc) is 3.07. The van der Waals surface area contributed by atoms with Crippen molar-refractivity contribution in [2.75, 3.05) is 0 Å². The summed E-state index contributed by atoms with van der Waals surface area (Å²) in [6.45, 7) is 2.87. The molecule has 2 atom stereocenters. The van der Waals surface area contributed by atoms with Gasteiger partial charge in [-0.2, -0.15) is 0 Å². The smallest absolute Gasteiger partial charge is 0.0776 e. The van der Waals surface area contributed by atoms with Gasteiger partial charge >= 0.3 is 0 Å². The first-order chi connectivity index (χ1) is 9.35. The maximum Gasteiger partial charge on any atom is 0.0776 e. The Labute approximate surface area is 112 Å². The van der Waals surface area contributed by atoms with Crippen LogP contribution in [0.15, 0.2) is 30.5 Å². The standard InChI is InChI=1S/C14H19N5/c1-2-19-13(9-16-18-19)14(17-15)12-8-7-10-5-3-4-6-11(10)12/h3-6,9,12,14,17H,2,7-8,15H2,1H3. The second kappa shape index (κ2) is 5.11. The Hall–Kier alpha value is -1.72. The molecule has 100 valence electrons. The second-order valence-electron chi connectivity index (χ2n) is 4.96. The van der Waals surface area contributed by atoms with Crippen LogP contribution in [0.25, 0.3) is 0 Å². The third-order valence-electron chi connectivity index (χ3n) is 4.03.